The van der Waals surface area contributed by atoms with Crippen molar-refractivity contribution in [3.05, 3.63) is 96.1 Å². The fraction of sp³-hybridized carbons (Fsp3) is 0.438. The van der Waals surface area contributed by atoms with Crippen LogP contribution in [0.4, 0.5) is 0 Å². The van der Waals surface area contributed by atoms with Crippen molar-refractivity contribution in [1.29, 1.82) is 0 Å². The second-order valence-corrected chi connectivity index (χ2v) is 15.3. The van der Waals surface area contributed by atoms with Crippen molar-refractivity contribution in [1.82, 2.24) is 0 Å². The van der Waals surface area contributed by atoms with Gasteiger partial charge in [-0.1, -0.05) is 131 Å². The third kappa shape index (κ3) is 6.20. The lowest BCUT2D eigenvalue weighted by Crippen LogP contribution is -2.21. The predicted octanol–water partition coefficient (Wildman–Crippen LogP) is 8.97. The topological polar surface area (TPSA) is 0 Å². The molecule has 0 aliphatic heterocycles. The molecule has 2 saturated carbocycles. The second-order valence-electron chi connectivity index (χ2n) is 10.3. The van der Waals surface area contributed by atoms with Gasteiger partial charge in [-0.3, -0.25) is 0 Å². The Hall–Kier alpha value is -1.48. The summed E-state index contributed by atoms with van der Waals surface area (Å²) in [4.78, 5) is 0. The van der Waals surface area contributed by atoms with Crippen molar-refractivity contribution in [3.8, 4) is 0 Å². The number of hydrogen-bond donors (Lipinski definition) is 0. The van der Waals surface area contributed by atoms with Gasteiger partial charge in [-0.05, 0) is 72.8 Å². The molecule has 2 aliphatic rings. The third-order valence-electron chi connectivity index (χ3n) is 8.02. The third-order valence-corrected chi connectivity index (χ3v) is 14.1. The van der Waals surface area contributed by atoms with E-state index in [1.807, 2.05) is 0 Å². The largest absolute Gasteiger partial charge is 0.0958 e. The molecule has 2 heteroatoms. The molecule has 0 amide bonds. The molecule has 0 unspecified atom stereocenters. The Kier molecular flexibility index (Phi) is 8.89. The van der Waals surface area contributed by atoms with Crippen molar-refractivity contribution in [2.24, 2.45) is 0 Å². The molecule has 0 N–H and O–H groups in total. The average Bonchev–Trinajstić information content (AvgIpc) is 2.93. The van der Waals surface area contributed by atoms with Crippen molar-refractivity contribution >= 4 is 26.5 Å². The SMILES string of the molecule is c1ccc(P(Cc2ccccc2CP(C2CCCCC2)C2CCCCC2)c2ccccc2)cc1. The summed E-state index contributed by atoms with van der Waals surface area (Å²) in [7, 11) is -0.306. The van der Waals surface area contributed by atoms with Crippen LogP contribution >= 0.6 is 15.8 Å². The Morgan fingerprint density at radius 3 is 1.35 bits per heavy atom. The summed E-state index contributed by atoms with van der Waals surface area (Å²) in [6.45, 7) is 0. The van der Waals surface area contributed by atoms with Crippen LogP contribution in [0.5, 0.6) is 0 Å². The van der Waals surface area contributed by atoms with E-state index in [9.17, 15) is 0 Å². The van der Waals surface area contributed by atoms with Crippen LogP contribution < -0.4 is 10.6 Å². The van der Waals surface area contributed by atoms with E-state index < -0.39 is 7.92 Å². The minimum absolute atomic E-state index is 0.0842. The summed E-state index contributed by atoms with van der Waals surface area (Å²) in [6, 6.07) is 32.1. The highest BCUT2D eigenvalue weighted by Crippen LogP contribution is 2.58. The van der Waals surface area contributed by atoms with Gasteiger partial charge < -0.3 is 0 Å². The van der Waals surface area contributed by atoms with Crippen LogP contribution in [0.1, 0.15) is 75.3 Å². The first kappa shape index (κ1) is 24.2. The van der Waals surface area contributed by atoms with Gasteiger partial charge >= 0.3 is 0 Å². The zero-order chi connectivity index (χ0) is 23.0. The summed E-state index contributed by atoms with van der Waals surface area (Å²) in [5.74, 6) is 0. The summed E-state index contributed by atoms with van der Waals surface area (Å²) in [5.41, 5.74) is 5.32. The first-order valence-corrected chi connectivity index (χ1v) is 16.8. The molecule has 2 aliphatic carbocycles. The molecule has 0 radical (unpaired) electrons. The van der Waals surface area contributed by atoms with E-state index >= 15 is 0 Å². The van der Waals surface area contributed by atoms with E-state index in [2.05, 4.69) is 84.9 Å². The van der Waals surface area contributed by atoms with Crippen LogP contribution in [0, 0.1) is 0 Å². The van der Waals surface area contributed by atoms with Gasteiger partial charge in [-0.2, -0.15) is 0 Å². The molecule has 34 heavy (non-hydrogen) atoms. The van der Waals surface area contributed by atoms with Crippen molar-refractivity contribution in [2.75, 3.05) is 0 Å². The van der Waals surface area contributed by atoms with E-state index in [4.69, 9.17) is 0 Å². The van der Waals surface area contributed by atoms with Crippen molar-refractivity contribution in [2.45, 2.75) is 87.9 Å². The zero-order valence-electron chi connectivity index (χ0n) is 20.6. The van der Waals surface area contributed by atoms with Crippen LogP contribution in [0.3, 0.4) is 0 Å². The fourth-order valence-corrected chi connectivity index (χ4v) is 12.4. The van der Waals surface area contributed by atoms with Crippen LogP contribution in [0.25, 0.3) is 0 Å². The number of benzene rings is 3. The van der Waals surface area contributed by atoms with Crippen LogP contribution in [-0.2, 0) is 12.3 Å². The summed E-state index contributed by atoms with van der Waals surface area (Å²) >= 11 is 0. The van der Waals surface area contributed by atoms with Gasteiger partial charge in [0.25, 0.3) is 0 Å². The second kappa shape index (κ2) is 12.5. The Morgan fingerprint density at radius 2 is 0.882 bits per heavy atom. The van der Waals surface area contributed by atoms with Gasteiger partial charge in [0.2, 0.25) is 0 Å². The van der Waals surface area contributed by atoms with Gasteiger partial charge in [-0.15, -0.1) is 0 Å². The molecule has 0 aromatic heterocycles. The normalized spacial score (nSPS) is 17.9. The quantitative estimate of drug-likeness (QED) is 0.279. The fourth-order valence-electron chi connectivity index (χ4n) is 6.16. The molecule has 0 spiro atoms. The molecule has 0 bridgehead atoms. The Bertz CT molecular complexity index is 930. The predicted molar refractivity (Wildman–Crippen MR) is 154 cm³/mol. The van der Waals surface area contributed by atoms with Gasteiger partial charge in [0, 0.05) is 6.16 Å². The first-order valence-electron chi connectivity index (χ1n) is 13.6. The summed E-state index contributed by atoms with van der Waals surface area (Å²) < 4.78 is 0. The molecule has 0 nitrogen and oxygen atoms in total. The Balaban J connectivity index is 1.43. The van der Waals surface area contributed by atoms with E-state index in [0.717, 1.165) is 17.5 Å². The maximum absolute atomic E-state index is 2.49. The average molecular weight is 487 g/mol. The van der Waals surface area contributed by atoms with Gasteiger partial charge in [0.1, 0.15) is 0 Å². The summed E-state index contributed by atoms with van der Waals surface area (Å²) in [6.07, 6.45) is 17.4. The Labute approximate surface area is 210 Å². The first-order chi connectivity index (χ1) is 16.9. The minimum Gasteiger partial charge on any atom is -0.0958 e. The standard InChI is InChI=1S/C32H40P2/c1-5-17-29(18-6-1)33(30-19-7-2-8-20-30)25-27-15-13-14-16-28(27)26-34(31-21-9-3-10-22-31)32-23-11-4-12-24-32/h1-2,5-8,13-20,31-32H,3-4,9-12,21-26H2. The number of hydrogen-bond acceptors (Lipinski definition) is 0. The highest BCUT2D eigenvalue weighted by atomic mass is 31.1. The Morgan fingerprint density at radius 1 is 0.471 bits per heavy atom. The summed E-state index contributed by atoms with van der Waals surface area (Å²) in [5, 5.41) is 3.00. The molecule has 178 valence electrons. The van der Waals surface area contributed by atoms with E-state index in [0.29, 0.717) is 0 Å². The monoisotopic (exact) mass is 486 g/mol. The highest BCUT2D eigenvalue weighted by Gasteiger charge is 2.31. The molecule has 5 rings (SSSR count). The van der Waals surface area contributed by atoms with Crippen LogP contribution in [-0.4, -0.2) is 11.3 Å². The molecular formula is C32H40P2. The van der Waals surface area contributed by atoms with Gasteiger partial charge in [0.15, 0.2) is 0 Å². The van der Waals surface area contributed by atoms with Gasteiger partial charge in [0.05, 0.1) is 0 Å². The lowest BCUT2D eigenvalue weighted by Gasteiger charge is -2.39. The minimum atomic E-state index is -0.390. The van der Waals surface area contributed by atoms with E-state index in [1.165, 1.54) is 81.0 Å². The molecule has 0 heterocycles. The lowest BCUT2D eigenvalue weighted by atomic mass is 9.99. The van der Waals surface area contributed by atoms with E-state index in [1.54, 1.807) is 11.1 Å². The molecule has 0 saturated heterocycles. The van der Waals surface area contributed by atoms with Crippen molar-refractivity contribution in [3.63, 3.8) is 0 Å². The van der Waals surface area contributed by atoms with Crippen molar-refractivity contribution < 1.29 is 0 Å². The number of rotatable bonds is 8. The van der Waals surface area contributed by atoms with E-state index in [-0.39, 0.29) is 7.92 Å². The van der Waals surface area contributed by atoms with Crippen LogP contribution in [0.2, 0.25) is 0 Å². The van der Waals surface area contributed by atoms with Crippen LogP contribution in [0.15, 0.2) is 84.9 Å². The molecular weight excluding hydrogens is 446 g/mol. The maximum atomic E-state index is 2.49. The lowest BCUT2D eigenvalue weighted by molar-refractivity contribution is 0.484. The molecule has 3 aromatic carbocycles. The maximum Gasteiger partial charge on any atom is 0.00103 e. The van der Waals surface area contributed by atoms with Gasteiger partial charge in [-0.25, -0.2) is 0 Å². The highest BCUT2D eigenvalue weighted by molar-refractivity contribution is 7.72. The molecule has 0 atom stereocenters. The zero-order valence-corrected chi connectivity index (χ0v) is 22.4. The smallest absolute Gasteiger partial charge is 0.00103 e. The molecule has 2 fully saturated rings. The molecule has 3 aromatic rings.